The monoisotopic (exact) mass is 510 g/mol. The van der Waals surface area contributed by atoms with Crippen LogP contribution < -0.4 is 20.3 Å². The van der Waals surface area contributed by atoms with Crippen molar-refractivity contribution in [2.24, 2.45) is 0 Å². The number of hydrogen-bond acceptors (Lipinski definition) is 4. The van der Waals surface area contributed by atoms with Gasteiger partial charge in [0.05, 0.1) is 0 Å². The molecule has 0 aliphatic heterocycles. The number of hydrazine groups is 1. The summed E-state index contributed by atoms with van der Waals surface area (Å²) in [6, 6.07) is 23.1. The van der Waals surface area contributed by atoms with Gasteiger partial charge in [0, 0.05) is 10.0 Å². The standard InChI is InChI=1S/C26H27BrN2O4/c1-26(2,3)22-15-20(27)11-14-23(22)33-17-25(31)29-28-24(30)16-32-21-12-9-19(10-13-21)18-7-5-4-6-8-18/h4-15H,16-17H2,1-3H3,(H,28,30)(H,29,31). The Hall–Kier alpha value is -3.32. The van der Waals surface area contributed by atoms with E-state index in [2.05, 4.69) is 47.6 Å². The Morgan fingerprint density at radius 2 is 1.36 bits per heavy atom. The summed E-state index contributed by atoms with van der Waals surface area (Å²) in [4.78, 5) is 24.1. The molecule has 0 aliphatic carbocycles. The Morgan fingerprint density at radius 3 is 1.97 bits per heavy atom. The summed E-state index contributed by atoms with van der Waals surface area (Å²) >= 11 is 3.46. The van der Waals surface area contributed by atoms with E-state index in [0.29, 0.717) is 11.5 Å². The van der Waals surface area contributed by atoms with Gasteiger partial charge in [0.25, 0.3) is 11.8 Å². The van der Waals surface area contributed by atoms with Crippen molar-refractivity contribution in [2.75, 3.05) is 13.2 Å². The lowest BCUT2D eigenvalue weighted by atomic mass is 9.86. The molecule has 3 aromatic carbocycles. The van der Waals surface area contributed by atoms with Gasteiger partial charge in [-0.15, -0.1) is 0 Å². The van der Waals surface area contributed by atoms with Crippen molar-refractivity contribution < 1.29 is 19.1 Å². The molecule has 0 aliphatic rings. The third-order valence-electron chi connectivity index (χ3n) is 4.78. The van der Waals surface area contributed by atoms with Gasteiger partial charge < -0.3 is 9.47 Å². The first kappa shape index (κ1) is 24.3. The van der Waals surface area contributed by atoms with Crippen LogP contribution >= 0.6 is 15.9 Å². The highest BCUT2D eigenvalue weighted by atomic mass is 79.9. The minimum atomic E-state index is -0.477. The number of carbonyl (C=O) groups excluding carboxylic acids is 2. The molecule has 7 heteroatoms. The largest absolute Gasteiger partial charge is 0.484 e. The number of carbonyl (C=O) groups is 2. The maximum atomic E-state index is 12.1. The van der Waals surface area contributed by atoms with Crippen LogP contribution in [0.2, 0.25) is 0 Å². The fourth-order valence-corrected chi connectivity index (χ4v) is 3.45. The Bertz CT molecular complexity index is 1090. The normalized spacial score (nSPS) is 10.9. The van der Waals surface area contributed by atoms with Gasteiger partial charge in [0.15, 0.2) is 13.2 Å². The molecule has 0 saturated carbocycles. The van der Waals surface area contributed by atoms with E-state index in [0.717, 1.165) is 21.2 Å². The number of halogens is 1. The van der Waals surface area contributed by atoms with Gasteiger partial charge in [-0.1, -0.05) is 79.2 Å². The van der Waals surface area contributed by atoms with Gasteiger partial charge in [-0.05, 0) is 46.9 Å². The van der Waals surface area contributed by atoms with Gasteiger partial charge in [0.1, 0.15) is 11.5 Å². The second-order valence-corrected chi connectivity index (χ2v) is 9.37. The molecule has 0 aromatic heterocycles. The topological polar surface area (TPSA) is 76.7 Å². The average molecular weight is 511 g/mol. The Balaban J connectivity index is 1.43. The SMILES string of the molecule is CC(C)(C)c1cc(Br)ccc1OCC(=O)NNC(=O)COc1ccc(-c2ccccc2)cc1. The smallest absolute Gasteiger partial charge is 0.276 e. The van der Waals surface area contributed by atoms with E-state index in [-0.39, 0.29) is 18.6 Å². The zero-order valence-electron chi connectivity index (χ0n) is 18.9. The zero-order chi connectivity index (χ0) is 23.8. The van der Waals surface area contributed by atoms with Crippen molar-refractivity contribution in [3.05, 3.63) is 82.8 Å². The molecule has 3 rings (SSSR count). The van der Waals surface area contributed by atoms with Crippen molar-refractivity contribution in [2.45, 2.75) is 26.2 Å². The van der Waals surface area contributed by atoms with E-state index < -0.39 is 11.8 Å². The summed E-state index contributed by atoms with van der Waals surface area (Å²) in [5.41, 5.74) is 7.64. The quantitative estimate of drug-likeness (QED) is 0.437. The van der Waals surface area contributed by atoms with Crippen LogP contribution in [0.15, 0.2) is 77.3 Å². The fraction of sp³-hybridized carbons (Fsp3) is 0.231. The summed E-state index contributed by atoms with van der Waals surface area (Å²) in [7, 11) is 0. The molecule has 6 nitrogen and oxygen atoms in total. The highest BCUT2D eigenvalue weighted by Crippen LogP contribution is 2.33. The average Bonchev–Trinajstić information content (AvgIpc) is 2.81. The number of hydrogen-bond donors (Lipinski definition) is 2. The van der Waals surface area contributed by atoms with E-state index in [9.17, 15) is 9.59 Å². The third-order valence-corrected chi connectivity index (χ3v) is 5.27. The summed E-state index contributed by atoms with van der Waals surface area (Å²) in [6.07, 6.45) is 0. The number of ether oxygens (including phenoxy) is 2. The highest BCUT2D eigenvalue weighted by Gasteiger charge is 2.20. The van der Waals surface area contributed by atoms with E-state index in [1.165, 1.54) is 0 Å². The van der Waals surface area contributed by atoms with Crippen LogP contribution in [0.5, 0.6) is 11.5 Å². The molecule has 0 radical (unpaired) electrons. The van der Waals surface area contributed by atoms with Crippen LogP contribution in [0, 0.1) is 0 Å². The van der Waals surface area contributed by atoms with Crippen LogP contribution in [0.1, 0.15) is 26.3 Å². The van der Waals surface area contributed by atoms with Crippen LogP contribution in [-0.4, -0.2) is 25.0 Å². The maximum Gasteiger partial charge on any atom is 0.276 e. The third kappa shape index (κ3) is 7.36. The molecule has 3 aromatic rings. The first-order valence-corrected chi connectivity index (χ1v) is 11.3. The number of amides is 2. The Labute approximate surface area is 202 Å². The van der Waals surface area contributed by atoms with Crippen LogP contribution in [-0.2, 0) is 15.0 Å². The molecule has 0 bridgehead atoms. The minimum Gasteiger partial charge on any atom is -0.484 e. The number of nitrogens with one attached hydrogen (secondary N) is 2. The lowest BCUT2D eigenvalue weighted by molar-refractivity contribution is -0.131. The first-order chi connectivity index (χ1) is 15.7. The molecule has 2 amide bonds. The van der Waals surface area contributed by atoms with Gasteiger partial charge in [-0.3, -0.25) is 20.4 Å². The lowest BCUT2D eigenvalue weighted by Crippen LogP contribution is -2.45. The van der Waals surface area contributed by atoms with E-state index >= 15 is 0 Å². The Morgan fingerprint density at radius 1 is 0.788 bits per heavy atom. The minimum absolute atomic E-state index is 0.152. The summed E-state index contributed by atoms with van der Waals surface area (Å²) in [6.45, 7) is 5.74. The molecular weight excluding hydrogens is 484 g/mol. The highest BCUT2D eigenvalue weighted by molar-refractivity contribution is 9.10. The second kappa shape index (κ2) is 11.0. The molecule has 0 heterocycles. The molecule has 0 spiro atoms. The summed E-state index contributed by atoms with van der Waals surface area (Å²) < 4.78 is 12.1. The van der Waals surface area contributed by atoms with Crippen molar-refractivity contribution in [3.63, 3.8) is 0 Å². The molecule has 2 N–H and O–H groups in total. The fourth-order valence-electron chi connectivity index (χ4n) is 3.09. The van der Waals surface area contributed by atoms with Crippen LogP contribution in [0.4, 0.5) is 0 Å². The molecule has 0 saturated heterocycles. The van der Waals surface area contributed by atoms with Gasteiger partial charge >= 0.3 is 0 Å². The lowest BCUT2D eigenvalue weighted by Gasteiger charge is -2.23. The molecule has 33 heavy (non-hydrogen) atoms. The summed E-state index contributed by atoms with van der Waals surface area (Å²) in [5.74, 6) is 0.228. The zero-order valence-corrected chi connectivity index (χ0v) is 20.4. The maximum absolute atomic E-state index is 12.1. The van der Waals surface area contributed by atoms with Crippen molar-refractivity contribution >= 4 is 27.7 Å². The molecule has 172 valence electrons. The van der Waals surface area contributed by atoms with Gasteiger partial charge in [-0.25, -0.2) is 0 Å². The predicted molar refractivity (Wildman–Crippen MR) is 132 cm³/mol. The molecule has 0 unspecified atom stereocenters. The van der Waals surface area contributed by atoms with E-state index in [1.54, 1.807) is 12.1 Å². The van der Waals surface area contributed by atoms with Crippen LogP contribution in [0.3, 0.4) is 0 Å². The molecule has 0 atom stereocenters. The van der Waals surface area contributed by atoms with Gasteiger partial charge in [-0.2, -0.15) is 0 Å². The van der Waals surface area contributed by atoms with Crippen LogP contribution in [0.25, 0.3) is 11.1 Å². The van der Waals surface area contributed by atoms with E-state index in [4.69, 9.17) is 9.47 Å². The molecular formula is C26H27BrN2O4. The number of rotatable bonds is 7. The van der Waals surface area contributed by atoms with Gasteiger partial charge in [0.2, 0.25) is 0 Å². The second-order valence-electron chi connectivity index (χ2n) is 8.45. The number of benzene rings is 3. The summed E-state index contributed by atoms with van der Waals surface area (Å²) in [5, 5.41) is 0. The first-order valence-electron chi connectivity index (χ1n) is 10.5. The Kier molecular flexibility index (Phi) is 8.11. The predicted octanol–water partition coefficient (Wildman–Crippen LogP) is 5.02. The molecule has 0 fully saturated rings. The van der Waals surface area contributed by atoms with E-state index in [1.807, 2.05) is 60.7 Å². The van der Waals surface area contributed by atoms with Crippen molar-refractivity contribution in [1.29, 1.82) is 0 Å². The van der Waals surface area contributed by atoms with Crippen molar-refractivity contribution in [1.82, 2.24) is 10.9 Å². The van der Waals surface area contributed by atoms with Crippen molar-refractivity contribution in [3.8, 4) is 22.6 Å².